The first-order valence-corrected chi connectivity index (χ1v) is 5.85. The lowest BCUT2D eigenvalue weighted by molar-refractivity contribution is 0.454. The second-order valence-electron chi connectivity index (χ2n) is 4.07. The third-order valence-corrected chi connectivity index (χ3v) is 3.25. The Morgan fingerprint density at radius 3 is 2.62 bits per heavy atom. The standard InChI is InChI=1S/C12H16ClN3/c1-8(13)10-7-11(16-12(10)14-2)9-3-5-15-6-4-9/h7,9,15-16H,1-6H2. The second kappa shape index (κ2) is 4.85. The van der Waals surface area contributed by atoms with Gasteiger partial charge in [0.25, 0.3) is 0 Å². The summed E-state index contributed by atoms with van der Waals surface area (Å²) in [7, 11) is 0. The van der Waals surface area contributed by atoms with Crippen molar-refractivity contribution in [2.24, 2.45) is 4.99 Å². The lowest BCUT2D eigenvalue weighted by Crippen LogP contribution is -2.26. The van der Waals surface area contributed by atoms with Gasteiger partial charge in [-0.05, 0) is 38.7 Å². The van der Waals surface area contributed by atoms with Gasteiger partial charge < -0.3 is 10.3 Å². The highest BCUT2D eigenvalue weighted by atomic mass is 35.5. The van der Waals surface area contributed by atoms with Crippen LogP contribution < -0.4 is 5.32 Å². The van der Waals surface area contributed by atoms with Crippen LogP contribution in [0.4, 0.5) is 5.82 Å². The van der Waals surface area contributed by atoms with E-state index in [9.17, 15) is 0 Å². The average Bonchev–Trinajstić information content (AvgIpc) is 2.74. The number of nitrogens with one attached hydrogen (secondary N) is 2. The van der Waals surface area contributed by atoms with Crippen molar-refractivity contribution in [1.82, 2.24) is 10.3 Å². The second-order valence-corrected chi connectivity index (χ2v) is 4.53. The van der Waals surface area contributed by atoms with Crippen LogP contribution >= 0.6 is 11.6 Å². The summed E-state index contributed by atoms with van der Waals surface area (Å²) in [5.74, 6) is 1.29. The van der Waals surface area contributed by atoms with E-state index in [0.29, 0.717) is 11.0 Å². The molecule has 16 heavy (non-hydrogen) atoms. The van der Waals surface area contributed by atoms with E-state index in [1.807, 2.05) is 0 Å². The minimum Gasteiger partial charge on any atom is -0.343 e. The van der Waals surface area contributed by atoms with Gasteiger partial charge in [-0.15, -0.1) is 0 Å². The molecular formula is C12H16ClN3. The minimum atomic E-state index is 0.513. The molecule has 0 radical (unpaired) electrons. The molecule has 0 bridgehead atoms. The highest BCUT2D eigenvalue weighted by molar-refractivity contribution is 6.48. The predicted octanol–water partition coefficient (Wildman–Crippen LogP) is 3.02. The number of H-pyrrole nitrogens is 1. The number of hydrogen-bond donors (Lipinski definition) is 2. The molecule has 1 aromatic heterocycles. The van der Waals surface area contributed by atoms with Crippen LogP contribution in [0.2, 0.25) is 0 Å². The largest absolute Gasteiger partial charge is 0.343 e. The van der Waals surface area contributed by atoms with Crippen LogP contribution in [0, 0.1) is 0 Å². The van der Waals surface area contributed by atoms with Crippen LogP contribution in [0.15, 0.2) is 17.6 Å². The summed E-state index contributed by atoms with van der Waals surface area (Å²) < 4.78 is 0. The van der Waals surface area contributed by atoms with Crippen LogP contribution in [0.25, 0.3) is 5.03 Å². The summed E-state index contributed by atoms with van der Waals surface area (Å²) in [6.07, 6.45) is 2.29. The van der Waals surface area contributed by atoms with Crippen LogP contribution in [0.5, 0.6) is 0 Å². The van der Waals surface area contributed by atoms with E-state index in [2.05, 4.69) is 34.7 Å². The average molecular weight is 238 g/mol. The number of rotatable bonds is 3. The maximum Gasteiger partial charge on any atom is 0.138 e. The van der Waals surface area contributed by atoms with Crippen molar-refractivity contribution in [3.05, 3.63) is 23.9 Å². The molecule has 0 aromatic carbocycles. The molecule has 0 amide bonds. The van der Waals surface area contributed by atoms with Crippen molar-refractivity contribution in [2.75, 3.05) is 13.1 Å². The molecule has 2 heterocycles. The predicted molar refractivity (Wildman–Crippen MR) is 69.7 cm³/mol. The molecule has 0 spiro atoms. The molecule has 1 fully saturated rings. The number of aliphatic imine (C=N–C) groups is 1. The fourth-order valence-corrected chi connectivity index (χ4v) is 2.29. The molecule has 2 rings (SSSR count). The summed E-state index contributed by atoms with van der Waals surface area (Å²) >= 11 is 5.92. The van der Waals surface area contributed by atoms with Gasteiger partial charge in [-0.1, -0.05) is 18.2 Å². The molecule has 1 aliphatic rings. The Kier molecular flexibility index (Phi) is 3.46. The summed E-state index contributed by atoms with van der Waals surface area (Å²) in [6, 6.07) is 2.05. The topological polar surface area (TPSA) is 40.2 Å². The third-order valence-electron chi connectivity index (χ3n) is 3.05. The molecule has 2 N–H and O–H groups in total. The number of aromatic amines is 1. The van der Waals surface area contributed by atoms with E-state index >= 15 is 0 Å². The van der Waals surface area contributed by atoms with E-state index in [0.717, 1.165) is 37.3 Å². The SMILES string of the molecule is C=Nc1[nH]c(C2CCNCC2)cc1C(=C)Cl. The molecule has 4 heteroatoms. The summed E-state index contributed by atoms with van der Waals surface area (Å²) in [6.45, 7) is 9.41. The lowest BCUT2D eigenvalue weighted by atomic mass is 9.94. The van der Waals surface area contributed by atoms with Crippen molar-refractivity contribution >= 4 is 29.2 Å². The van der Waals surface area contributed by atoms with E-state index < -0.39 is 0 Å². The monoisotopic (exact) mass is 237 g/mol. The van der Waals surface area contributed by atoms with Gasteiger partial charge in [-0.25, -0.2) is 4.99 Å². The number of piperidine rings is 1. The fourth-order valence-electron chi connectivity index (χ4n) is 2.15. The van der Waals surface area contributed by atoms with Gasteiger partial charge >= 0.3 is 0 Å². The Morgan fingerprint density at radius 1 is 1.44 bits per heavy atom. The molecule has 1 aliphatic heterocycles. The molecule has 0 atom stereocenters. The number of halogens is 1. The molecule has 1 aromatic rings. The first kappa shape index (κ1) is 11.4. The van der Waals surface area contributed by atoms with Crippen LogP contribution in [-0.2, 0) is 0 Å². The molecular weight excluding hydrogens is 222 g/mol. The van der Waals surface area contributed by atoms with Crippen molar-refractivity contribution in [3.8, 4) is 0 Å². The van der Waals surface area contributed by atoms with Gasteiger partial charge in [0, 0.05) is 22.2 Å². The smallest absolute Gasteiger partial charge is 0.138 e. The first-order chi connectivity index (χ1) is 7.72. The zero-order valence-electron chi connectivity index (χ0n) is 9.22. The van der Waals surface area contributed by atoms with Gasteiger partial charge in [-0.2, -0.15) is 0 Å². The van der Waals surface area contributed by atoms with Crippen LogP contribution in [0.1, 0.15) is 30.0 Å². The zero-order chi connectivity index (χ0) is 11.5. The minimum absolute atomic E-state index is 0.513. The maximum atomic E-state index is 5.92. The third kappa shape index (κ3) is 2.20. The Balaban J connectivity index is 2.27. The fraction of sp³-hybridized carbons (Fsp3) is 0.417. The van der Waals surface area contributed by atoms with E-state index in [4.69, 9.17) is 11.6 Å². The molecule has 1 saturated heterocycles. The highest BCUT2D eigenvalue weighted by Gasteiger charge is 2.19. The summed E-state index contributed by atoms with van der Waals surface area (Å²) in [5, 5.41) is 3.86. The molecule has 86 valence electrons. The van der Waals surface area contributed by atoms with Gasteiger partial charge in [0.2, 0.25) is 0 Å². The molecule has 3 nitrogen and oxygen atoms in total. The van der Waals surface area contributed by atoms with Crippen molar-refractivity contribution in [1.29, 1.82) is 0 Å². The van der Waals surface area contributed by atoms with Crippen LogP contribution in [-0.4, -0.2) is 24.8 Å². The van der Waals surface area contributed by atoms with Gasteiger partial charge in [0.1, 0.15) is 5.82 Å². The van der Waals surface area contributed by atoms with Crippen LogP contribution in [0.3, 0.4) is 0 Å². The quantitative estimate of drug-likeness (QED) is 0.780. The van der Waals surface area contributed by atoms with Crippen molar-refractivity contribution < 1.29 is 0 Å². The lowest BCUT2D eigenvalue weighted by Gasteiger charge is -2.21. The molecule has 0 unspecified atom stereocenters. The maximum absolute atomic E-state index is 5.92. The van der Waals surface area contributed by atoms with Crippen molar-refractivity contribution in [2.45, 2.75) is 18.8 Å². The summed E-state index contributed by atoms with van der Waals surface area (Å²) in [5.41, 5.74) is 2.06. The van der Waals surface area contributed by atoms with E-state index in [1.54, 1.807) is 0 Å². The van der Waals surface area contributed by atoms with Gasteiger partial charge in [-0.3, -0.25) is 0 Å². The van der Waals surface area contributed by atoms with E-state index in [-0.39, 0.29) is 0 Å². The Bertz CT molecular complexity index is 402. The zero-order valence-corrected chi connectivity index (χ0v) is 9.98. The Hall–Kier alpha value is -1.06. The Morgan fingerprint density at radius 2 is 2.12 bits per heavy atom. The summed E-state index contributed by atoms with van der Waals surface area (Å²) in [4.78, 5) is 7.22. The van der Waals surface area contributed by atoms with E-state index in [1.165, 1.54) is 5.69 Å². The molecule has 0 aliphatic carbocycles. The molecule has 0 saturated carbocycles. The number of hydrogen-bond acceptors (Lipinski definition) is 2. The van der Waals surface area contributed by atoms with Crippen molar-refractivity contribution in [3.63, 3.8) is 0 Å². The number of nitrogens with zero attached hydrogens (tertiary/aromatic N) is 1. The van der Waals surface area contributed by atoms with Gasteiger partial charge in [0.15, 0.2) is 0 Å². The normalized spacial score (nSPS) is 17.3. The first-order valence-electron chi connectivity index (χ1n) is 5.47. The van der Waals surface area contributed by atoms with Gasteiger partial charge in [0.05, 0.1) is 0 Å². The highest BCUT2D eigenvalue weighted by Crippen LogP contribution is 2.33. The number of aromatic nitrogens is 1. The Labute approximate surface area is 101 Å².